The van der Waals surface area contributed by atoms with Crippen molar-refractivity contribution in [2.75, 3.05) is 20.2 Å². The molecule has 0 radical (unpaired) electrons. The number of primary amides is 1. The van der Waals surface area contributed by atoms with Gasteiger partial charge in [0, 0.05) is 6.54 Å². The molecule has 0 aliphatic carbocycles. The number of hydrogen-bond acceptors (Lipinski definition) is 4. The zero-order chi connectivity index (χ0) is 18.4. The molecule has 0 aliphatic rings. The van der Waals surface area contributed by atoms with Crippen molar-refractivity contribution in [3.63, 3.8) is 0 Å². The van der Waals surface area contributed by atoms with E-state index in [0.717, 1.165) is 9.87 Å². The van der Waals surface area contributed by atoms with Crippen LogP contribution in [0.25, 0.3) is 0 Å². The normalized spacial score (nSPS) is 11.5. The summed E-state index contributed by atoms with van der Waals surface area (Å²) in [7, 11) is -2.31. The highest BCUT2D eigenvalue weighted by Crippen LogP contribution is 2.24. The van der Waals surface area contributed by atoms with E-state index in [-0.39, 0.29) is 18.0 Å². The first kappa shape index (κ1) is 19.0. The molecule has 25 heavy (non-hydrogen) atoms. The number of methoxy groups -OCH3 is 1. The Bertz CT molecular complexity index is 835. The highest BCUT2D eigenvalue weighted by molar-refractivity contribution is 7.89. The van der Waals surface area contributed by atoms with Crippen molar-refractivity contribution in [2.24, 2.45) is 5.73 Å². The van der Waals surface area contributed by atoms with E-state index in [4.69, 9.17) is 10.5 Å². The molecule has 2 rings (SSSR count). The molecule has 6 nitrogen and oxygen atoms in total. The summed E-state index contributed by atoms with van der Waals surface area (Å²) in [4.78, 5) is 11.5. The molecule has 1 amide bonds. The third kappa shape index (κ3) is 4.80. The fourth-order valence-electron chi connectivity index (χ4n) is 2.52. The number of amides is 1. The maximum Gasteiger partial charge on any atom is 0.243 e. The molecule has 7 heteroatoms. The standard InChI is InChI=1S/C18H22N2O4S/c1-14-12-16(8-9-17(14)24-2)25(22,23)20(13-18(19)21)11-10-15-6-4-3-5-7-15/h3-9,12H,10-11,13H2,1-2H3,(H2,19,21). The molecule has 0 aromatic heterocycles. The summed E-state index contributed by atoms with van der Waals surface area (Å²) in [5.74, 6) is -0.0912. The van der Waals surface area contributed by atoms with Crippen molar-refractivity contribution >= 4 is 15.9 Å². The zero-order valence-electron chi connectivity index (χ0n) is 14.3. The molecule has 0 unspecified atom stereocenters. The molecular weight excluding hydrogens is 340 g/mol. The third-order valence-corrected chi connectivity index (χ3v) is 5.67. The first-order valence-corrected chi connectivity index (χ1v) is 9.25. The van der Waals surface area contributed by atoms with Gasteiger partial charge in [-0.2, -0.15) is 4.31 Å². The Balaban J connectivity index is 2.28. The van der Waals surface area contributed by atoms with Crippen LogP contribution in [0.1, 0.15) is 11.1 Å². The highest BCUT2D eigenvalue weighted by atomic mass is 32.2. The second-order valence-electron chi connectivity index (χ2n) is 5.67. The smallest absolute Gasteiger partial charge is 0.243 e. The maximum atomic E-state index is 12.9. The Morgan fingerprint density at radius 3 is 2.40 bits per heavy atom. The van der Waals surface area contributed by atoms with Crippen LogP contribution in [0.3, 0.4) is 0 Å². The molecule has 0 heterocycles. The summed E-state index contributed by atoms with van der Waals surface area (Å²) in [5, 5.41) is 0. The minimum absolute atomic E-state index is 0.111. The predicted molar refractivity (Wildman–Crippen MR) is 95.8 cm³/mol. The van der Waals surface area contributed by atoms with Crippen molar-refractivity contribution < 1.29 is 17.9 Å². The monoisotopic (exact) mass is 362 g/mol. The molecule has 2 aromatic rings. The molecule has 134 valence electrons. The number of nitrogens with zero attached hydrogens (tertiary/aromatic N) is 1. The lowest BCUT2D eigenvalue weighted by Gasteiger charge is -2.21. The minimum atomic E-state index is -3.84. The molecule has 0 spiro atoms. The molecule has 0 atom stereocenters. The van der Waals surface area contributed by atoms with Gasteiger partial charge < -0.3 is 10.5 Å². The van der Waals surface area contributed by atoms with Crippen molar-refractivity contribution in [1.29, 1.82) is 0 Å². The first-order chi connectivity index (χ1) is 11.8. The lowest BCUT2D eigenvalue weighted by Crippen LogP contribution is -2.39. The second kappa shape index (κ2) is 8.13. The summed E-state index contributed by atoms with van der Waals surface area (Å²) >= 11 is 0. The topological polar surface area (TPSA) is 89.7 Å². The van der Waals surface area contributed by atoms with Gasteiger partial charge in [-0.25, -0.2) is 8.42 Å². The average Bonchev–Trinajstić information content (AvgIpc) is 2.59. The Morgan fingerprint density at radius 1 is 1.16 bits per heavy atom. The van der Waals surface area contributed by atoms with Crippen LogP contribution in [-0.4, -0.2) is 38.8 Å². The molecule has 0 bridgehead atoms. The Hall–Kier alpha value is -2.38. The second-order valence-corrected chi connectivity index (χ2v) is 7.61. The summed E-state index contributed by atoms with van der Waals surface area (Å²) in [6.45, 7) is 1.57. The van der Waals surface area contributed by atoms with Gasteiger partial charge in [-0.1, -0.05) is 30.3 Å². The molecule has 0 fully saturated rings. The van der Waals surface area contributed by atoms with Crippen LogP contribution in [0, 0.1) is 6.92 Å². The molecular formula is C18H22N2O4S. The molecule has 0 aliphatic heterocycles. The number of ether oxygens (including phenoxy) is 1. The number of hydrogen-bond donors (Lipinski definition) is 1. The van der Waals surface area contributed by atoms with Gasteiger partial charge in [0.2, 0.25) is 15.9 Å². The molecule has 2 aromatic carbocycles. The van der Waals surface area contributed by atoms with Crippen molar-refractivity contribution in [1.82, 2.24) is 4.31 Å². The van der Waals surface area contributed by atoms with Crippen LogP contribution in [-0.2, 0) is 21.2 Å². The number of carbonyl (C=O) groups is 1. The highest BCUT2D eigenvalue weighted by Gasteiger charge is 2.26. The number of nitrogens with two attached hydrogens (primary N) is 1. The van der Waals surface area contributed by atoms with E-state index < -0.39 is 15.9 Å². The quantitative estimate of drug-likeness (QED) is 0.774. The fourth-order valence-corrected chi connectivity index (χ4v) is 4.01. The summed E-state index contributed by atoms with van der Waals surface area (Å²) in [6.07, 6.45) is 0.489. The molecule has 0 saturated heterocycles. The summed E-state index contributed by atoms with van der Waals surface area (Å²) < 4.78 is 32.1. The number of carbonyl (C=O) groups excluding carboxylic acids is 1. The van der Waals surface area contributed by atoms with Gasteiger partial charge in [0.15, 0.2) is 0 Å². The minimum Gasteiger partial charge on any atom is -0.496 e. The van der Waals surface area contributed by atoms with Gasteiger partial charge in [0.25, 0.3) is 0 Å². The van der Waals surface area contributed by atoms with Crippen molar-refractivity contribution in [3.05, 3.63) is 59.7 Å². The van der Waals surface area contributed by atoms with Crippen LogP contribution in [0.5, 0.6) is 5.75 Å². The van der Waals surface area contributed by atoms with Gasteiger partial charge in [-0.05, 0) is 42.7 Å². The Morgan fingerprint density at radius 2 is 1.84 bits per heavy atom. The predicted octanol–water partition coefficient (Wildman–Crippen LogP) is 1.72. The fraction of sp³-hybridized carbons (Fsp3) is 0.278. The van der Waals surface area contributed by atoms with E-state index in [2.05, 4.69) is 0 Å². The van der Waals surface area contributed by atoms with E-state index in [9.17, 15) is 13.2 Å². The average molecular weight is 362 g/mol. The van der Waals surface area contributed by atoms with Gasteiger partial charge in [0.1, 0.15) is 5.75 Å². The lowest BCUT2D eigenvalue weighted by atomic mass is 10.1. The van der Waals surface area contributed by atoms with Crippen LogP contribution in [0.2, 0.25) is 0 Å². The molecule has 2 N–H and O–H groups in total. The van der Waals surface area contributed by atoms with Gasteiger partial charge in [-0.3, -0.25) is 4.79 Å². The number of rotatable bonds is 8. The first-order valence-electron chi connectivity index (χ1n) is 7.81. The van der Waals surface area contributed by atoms with Gasteiger partial charge >= 0.3 is 0 Å². The Labute approximate surface area is 148 Å². The van der Waals surface area contributed by atoms with Crippen LogP contribution < -0.4 is 10.5 Å². The largest absolute Gasteiger partial charge is 0.496 e. The summed E-state index contributed by atoms with van der Waals surface area (Å²) in [6, 6.07) is 14.1. The van der Waals surface area contributed by atoms with Crippen molar-refractivity contribution in [2.45, 2.75) is 18.2 Å². The van der Waals surface area contributed by atoms with E-state index in [0.29, 0.717) is 17.7 Å². The van der Waals surface area contributed by atoms with E-state index in [1.54, 1.807) is 13.0 Å². The SMILES string of the molecule is COc1ccc(S(=O)(=O)N(CCc2ccccc2)CC(N)=O)cc1C. The van der Waals surface area contributed by atoms with Crippen LogP contribution >= 0.6 is 0 Å². The number of benzene rings is 2. The maximum absolute atomic E-state index is 12.9. The zero-order valence-corrected chi connectivity index (χ0v) is 15.1. The van der Waals surface area contributed by atoms with Crippen molar-refractivity contribution in [3.8, 4) is 5.75 Å². The van der Waals surface area contributed by atoms with E-state index in [1.165, 1.54) is 19.2 Å². The molecule has 0 saturated carbocycles. The van der Waals surface area contributed by atoms with E-state index >= 15 is 0 Å². The van der Waals surface area contributed by atoms with Crippen LogP contribution in [0.4, 0.5) is 0 Å². The summed E-state index contributed by atoms with van der Waals surface area (Å²) in [5.41, 5.74) is 6.93. The number of aryl methyl sites for hydroxylation is 1. The Kier molecular flexibility index (Phi) is 6.17. The van der Waals surface area contributed by atoms with Gasteiger partial charge in [0.05, 0.1) is 18.6 Å². The van der Waals surface area contributed by atoms with Gasteiger partial charge in [-0.15, -0.1) is 0 Å². The lowest BCUT2D eigenvalue weighted by molar-refractivity contribution is -0.118. The third-order valence-electron chi connectivity index (χ3n) is 3.83. The van der Waals surface area contributed by atoms with E-state index in [1.807, 2.05) is 30.3 Å². The van der Waals surface area contributed by atoms with Crippen LogP contribution in [0.15, 0.2) is 53.4 Å². The number of sulfonamides is 1.